The molecule has 27 heavy (non-hydrogen) atoms. The van der Waals surface area contributed by atoms with Gasteiger partial charge in [0.05, 0.1) is 6.54 Å². The third-order valence-electron chi connectivity index (χ3n) is 4.94. The summed E-state index contributed by atoms with van der Waals surface area (Å²) in [5, 5.41) is 9.25. The molecular weight excluding hydrogens is 334 g/mol. The third-order valence-corrected chi connectivity index (χ3v) is 4.94. The Morgan fingerprint density at radius 2 is 1.26 bits per heavy atom. The fourth-order valence-electron chi connectivity index (χ4n) is 3.54. The van der Waals surface area contributed by atoms with Crippen LogP contribution in [0.2, 0.25) is 0 Å². The summed E-state index contributed by atoms with van der Waals surface area (Å²) in [7, 11) is 0. The number of carboxylic acids is 1. The maximum atomic E-state index is 11.2. The molecule has 0 aromatic rings. The molecule has 0 amide bonds. The summed E-state index contributed by atoms with van der Waals surface area (Å²) < 4.78 is 0. The first kappa shape index (κ1) is 25.9. The molecule has 0 bridgehead atoms. The number of unbranched alkanes of at least 4 members (excludes halogenated alkanes) is 4. The van der Waals surface area contributed by atoms with E-state index in [2.05, 4.69) is 56.9 Å². The molecule has 2 atom stereocenters. The second-order valence-corrected chi connectivity index (χ2v) is 8.13. The van der Waals surface area contributed by atoms with E-state index >= 15 is 0 Å². The zero-order valence-corrected chi connectivity index (χ0v) is 18.5. The number of rotatable bonds is 18. The van der Waals surface area contributed by atoms with Gasteiger partial charge in [0.15, 0.2) is 0 Å². The Labute approximate surface area is 168 Å². The first-order valence-electron chi connectivity index (χ1n) is 11.2. The second-order valence-electron chi connectivity index (χ2n) is 8.13. The van der Waals surface area contributed by atoms with Crippen molar-refractivity contribution in [2.45, 2.75) is 91.9 Å². The minimum absolute atomic E-state index is 0.174. The second kappa shape index (κ2) is 18.3. The van der Waals surface area contributed by atoms with Gasteiger partial charge >= 0.3 is 5.97 Å². The lowest BCUT2D eigenvalue weighted by Crippen LogP contribution is -2.36. The highest BCUT2D eigenvalue weighted by Gasteiger charge is 2.16. The van der Waals surface area contributed by atoms with E-state index < -0.39 is 5.97 Å². The van der Waals surface area contributed by atoms with Crippen LogP contribution in [0.5, 0.6) is 0 Å². The van der Waals surface area contributed by atoms with Crippen LogP contribution >= 0.6 is 0 Å². The van der Waals surface area contributed by atoms with Gasteiger partial charge in [0.2, 0.25) is 0 Å². The van der Waals surface area contributed by atoms with E-state index in [0.717, 1.165) is 25.9 Å². The van der Waals surface area contributed by atoms with Crippen LogP contribution < -0.4 is 0 Å². The number of nitrogens with zero attached hydrogens (tertiary/aromatic N) is 1. The van der Waals surface area contributed by atoms with Crippen LogP contribution in [0.1, 0.15) is 91.9 Å². The smallest absolute Gasteiger partial charge is 0.317 e. The molecule has 0 spiro atoms. The molecule has 0 aliphatic rings. The Balaban J connectivity index is 4.11. The van der Waals surface area contributed by atoms with Crippen molar-refractivity contribution < 1.29 is 9.90 Å². The van der Waals surface area contributed by atoms with E-state index in [4.69, 9.17) is 0 Å². The number of carboxylic acid groups (broad SMARTS) is 1. The van der Waals surface area contributed by atoms with E-state index in [0.29, 0.717) is 11.8 Å². The number of allylic oxidation sites excluding steroid dienone is 4. The third kappa shape index (κ3) is 18.1. The van der Waals surface area contributed by atoms with Crippen molar-refractivity contribution in [2.24, 2.45) is 11.8 Å². The van der Waals surface area contributed by atoms with E-state index in [1.54, 1.807) is 0 Å². The van der Waals surface area contributed by atoms with Crippen LogP contribution in [0.25, 0.3) is 0 Å². The topological polar surface area (TPSA) is 40.5 Å². The van der Waals surface area contributed by atoms with Crippen LogP contribution in [0.3, 0.4) is 0 Å². The average Bonchev–Trinajstić information content (AvgIpc) is 2.60. The van der Waals surface area contributed by atoms with Gasteiger partial charge in [-0.3, -0.25) is 9.69 Å². The lowest BCUT2D eigenvalue weighted by molar-refractivity contribution is -0.138. The summed E-state index contributed by atoms with van der Waals surface area (Å²) in [5.41, 5.74) is 0. The molecule has 0 saturated heterocycles. The Morgan fingerprint density at radius 1 is 0.815 bits per heavy atom. The maximum absolute atomic E-state index is 11.2. The van der Waals surface area contributed by atoms with Gasteiger partial charge in [-0.2, -0.15) is 0 Å². The predicted molar refractivity (Wildman–Crippen MR) is 118 cm³/mol. The Bertz CT molecular complexity index is 373. The van der Waals surface area contributed by atoms with Gasteiger partial charge in [0, 0.05) is 13.1 Å². The number of carbonyl (C=O) groups is 1. The summed E-state index contributed by atoms with van der Waals surface area (Å²) in [6.07, 6.45) is 20.9. The van der Waals surface area contributed by atoms with Crippen molar-refractivity contribution in [3.8, 4) is 0 Å². The van der Waals surface area contributed by atoms with Gasteiger partial charge < -0.3 is 5.11 Å². The first-order valence-corrected chi connectivity index (χ1v) is 11.2. The van der Waals surface area contributed by atoms with Crippen LogP contribution in [-0.4, -0.2) is 35.6 Å². The molecule has 3 heteroatoms. The Kier molecular flexibility index (Phi) is 17.5. The molecule has 3 nitrogen and oxygen atoms in total. The van der Waals surface area contributed by atoms with Crippen LogP contribution in [0.15, 0.2) is 24.3 Å². The van der Waals surface area contributed by atoms with Gasteiger partial charge in [0.1, 0.15) is 0 Å². The van der Waals surface area contributed by atoms with Crippen LogP contribution in [-0.2, 0) is 4.79 Å². The van der Waals surface area contributed by atoms with Crippen LogP contribution in [0, 0.1) is 11.8 Å². The van der Waals surface area contributed by atoms with E-state index in [1.165, 1.54) is 51.4 Å². The summed E-state index contributed by atoms with van der Waals surface area (Å²) >= 11 is 0. The largest absolute Gasteiger partial charge is 0.480 e. The quantitative estimate of drug-likeness (QED) is 0.213. The normalized spacial score (nSPS) is 14.4. The zero-order valence-electron chi connectivity index (χ0n) is 18.5. The maximum Gasteiger partial charge on any atom is 0.317 e. The standard InChI is InChI=1S/C24H45NO2/c1-5-7-9-11-13-15-17-22(3)19-25(21-24(26)27)20-23(4)18-16-14-12-10-8-6-2/h7-10,22-23H,5-6,11-21H2,1-4H3,(H,26,27)/b9-7+,10-8+. The summed E-state index contributed by atoms with van der Waals surface area (Å²) in [4.78, 5) is 13.4. The summed E-state index contributed by atoms with van der Waals surface area (Å²) in [6.45, 7) is 10.8. The molecule has 0 saturated carbocycles. The number of aliphatic carboxylic acids is 1. The molecule has 0 aliphatic heterocycles. The van der Waals surface area contributed by atoms with Gasteiger partial charge in [-0.25, -0.2) is 0 Å². The minimum atomic E-state index is -0.705. The van der Waals surface area contributed by atoms with Crippen molar-refractivity contribution in [3.63, 3.8) is 0 Å². The van der Waals surface area contributed by atoms with E-state index in [1.807, 2.05) is 0 Å². The van der Waals surface area contributed by atoms with E-state index in [9.17, 15) is 9.90 Å². The Hall–Kier alpha value is -1.09. The molecule has 0 aliphatic carbocycles. The minimum Gasteiger partial charge on any atom is -0.480 e. The molecular formula is C24H45NO2. The molecule has 158 valence electrons. The highest BCUT2D eigenvalue weighted by molar-refractivity contribution is 5.69. The molecule has 0 fully saturated rings. The molecule has 2 unspecified atom stereocenters. The van der Waals surface area contributed by atoms with Crippen molar-refractivity contribution in [1.82, 2.24) is 4.90 Å². The average molecular weight is 380 g/mol. The van der Waals surface area contributed by atoms with Crippen molar-refractivity contribution in [2.75, 3.05) is 19.6 Å². The summed E-state index contributed by atoms with van der Waals surface area (Å²) in [5.74, 6) is 0.417. The van der Waals surface area contributed by atoms with Crippen molar-refractivity contribution in [3.05, 3.63) is 24.3 Å². The molecule has 0 aromatic carbocycles. The molecule has 0 aromatic heterocycles. The lowest BCUT2D eigenvalue weighted by atomic mass is 9.99. The highest BCUT2D eigenvalue weighted by Crippen LogP contribution is 2.15. The molecule has 0 heterocycles. The van der Waals surface area contributed by atoms with Gasteiger partial charge in [0.25, 0.3) is 0 Å². The molecule has 0 radical (unpaired) electrons. The van der Waals surface area contributed by atoms with Crippen molar-refractivity contribution in [1.29, 1.82) is 0 Å². The lowest BCUT2D eigenvalue weighted by Gasteiger charge is -2.27. The first-order chi connectivity index (χ1) is 13.0. The van der Waals surface area contributed by atoms with Gasteiger partial charge in [-0.1, -0.05) is 64.8 Å². The molecule has 1 N–H and O–H groups in total. The predicted octanol–water partition coefficient (Wildman–Crippen LogP) is 6.70. The fourth-order valence-corrected chi connectivity index (χ4v) is 3.54. The fraction of sp³-hybridized carbons (Fsp3) is 0.792. The van der Waals surface area contributed by atoms with Gasteiger partial charge in [-0.15, -0.1) is 0 Å². The summed E-state index contributed by atoms with van der Waals surface area (Å²) in [6, 6.07) is 0. The molecule has 0 rings (SSSR count). The van der Waals surface area contributed by atoms with Gasteiger partial charge in [-0.05, 0) is 63.2 Å². The zero-order chi connectivity index (χ0) is 20.3. The van der Waals surface area contributed by atoms with E-state index in [-0.39, 0.29) is 6.54 Å². The number of hydrogen-bond donors (Lipinski definition) is 1. The van der Waals surface area contributed by atoms with Crippen molar-refractivity contribution >= 4 is 5.97 Å². The highest BCUT2D eigenvalue weighted by atomic mass is 16.4. The van der Waals surface area contributed by atoms with Crippen LogP contribution in [0.4, 0.5) is 0 Å². The SMILES string of the molecule is CC/C=C/CCCCC(C)CN(CC(=O)O)CC(C)CCCC/C=C/CC. The monoisotopic (exact) mass is 379 g/mol. The Morgan fingerprint density at radius 3 is 1.63 bits per heavy atom. The number of hydrogen-bond acceptors (Lipinski definition) is 2.